The Hall–Kier alpha value is -1.31. The minimum Gasteiger partial charge on any atom is -0.352 e. The van der Waals surface area contributed by atoms with Crippen molar-refractivity contribution in [1.29, 1.82) is 0 Å². The van der Waals surface area contributed by atoms with E-state index in [0.29, 0.717) is 18.2 Å². The minimum atomic E-state index is 0. The zero-order valence-corrected chi connectivity index (χ0v) is 14.3. The zero-order valence-electron chi connectivity index (χ0n) is 12.0. The van der Waals surface area contributed by atoms with Crippen LogP contribution in [0.3, 0.4) is 0 Å². The van der Waals surface area contributed by atoms with Crippen LogP contribution in [0.25, 0.3) is 0 Å². The molecule has 0 saturated carbocycles. The maximum Gasteiger partial charge on any atom is 0.253 e. The Balaban J connectivity index is 0.00000200. The quantitative estimate of drug-likeness (QED) is 0.771. The summed E-state index contributed by atoms with van der Waals surface area (Å²) < 4.78 is 0. The maximum atomic E-state index is 11.9. The molecule has 1 aliphatic rings. The van der Waals surface area contributed by atoms with Crippen LogP contribution in [0.4, 0.5) is 0 Å². The van der Waals surface area contributed by atoms with E-state index in [9.17, 15) is 4.79 Å². The summed E-state index contributed by atoms with van der Waals surface area (Å²) in [7, 11) is 3.51. The molecular weight excluding hydrogens is 367 g/mol. The van der Waals surface area contributed by atoms with E-state index in [4.69, 9.17) is 0 Å². The fraction of sp³-hybridized carbons (Fsp3) is 0.429. The summed E-state index contributed by atoms with van der Waals surface area (Å²) in [5.41, 5.74) is 1.77. The van der Waals surface area contributed by atoms with E-state index in [2.05, 4.69) is 22.5 Å². The number of benzene rings is 1. The second kappa shape index (κ2) is 7.47. The first-order valence-electron chi connectivity index (χ1n) is 6.41. The highest BCUT2D eigenvalue weighted by atomic mass is 127. The molecule has 20 heavy (non-hydrogen) atoms. The Bertz CT molecular complexity index is 502. The maximum absolute atomic E-state index is 11.9. The third-order valence-electron chi connectivity index (χ3n) is 2.95. The van der Waals surface area contributed by atoms with E-state index in [1.54, 1.807) is 19.0 Å². The summed E-state index contributed by atoms with van der Waals surface area (Å²) in [5, 5.41) is 6.48. The smallest absolute Gasteiger partial charge is 0.253 e. The lowest BCUT2D eigenvalue weighted by Crippen LogP contribution is -2.37. The van der Waals surface area contributed by atoms with Gasteiger partial charge in [0.2, 0.25) is 0 Å². The highest BCUT2D eigenvalue weighted by Gasteiger charge is 2.12. The van der Waals surface area contributed by atoms with Crippen LogP contribution in [0.2, 0.25) is 0 Å². The van der Waals surface area contributed by atoms with Gasteiger partial charge < -0.3 is 15.5 Å². The molecule has 1 atom stereocenters. The number of hydrogen-bond donors (Lipinski definition) is 2. The van der Waals surface area contributed by atoms with E-state index in [0.717, 1.165) is 18.1 Å². The van der Waals surface area contributed by atoms with Crippen LogP contribution in [0.1, 0.15) is 22.8 Å². The van der Waals surface area contributed by atoms with Crippen LogP contribution >= 0.6 is 24.0 Å². The molecule has 1 heterocycles. The fourth-order valence-electron chi connectivity index (χ4n) is 1.92. The van der Waals surface area contributed by atoms with Crippen LogP contribution in [-0.2, 0) is 6.54 Å². The van der Waals surface area contributed by atoms with Gasteiger partial charge in [-0.2, -0.15) is 0 Å². The molecule has 2 N–H and O–H groups in total. The van der Waals surface area contributed by atoms with Crippen molar-refractivity contribution in [1.82, 2.24) is 15.5 Å². The summed E-state index contributed by atoms with van der Waals surface area (Å²) in [6, 6.07) is 8.04. The largest absolute Gasteiger partial charge is 0.352 e. The molecule has 0 fully saturated rings. The van der Waals surface area contributed by atoms with Gasteiger partial charge >= 0.3 is 0 Å². The van der Waals surface area contributed by atoms with Crippen molar-refractivity contribution in [3.05, 3.63) is 35.4 Å². The van der Waals surface area contributed by atoms with Crippen LogP contribution in [0, 0.1) is 0 Å². The Morgan fingerprint density at radius 3 is 2.85 bits per heavy atom. The molecular formula is C14H21IN4O. The van der Waals surface area contributed by atoms with Gasteiger partial charge in [0, 0.05) is 32.2 Å². The van der Waals surface area contributed by atoms with Gasteiger partial charge in [-0.15, -0.1) is 24.0 Å². The Morgan fingerprint density at radius 1 is 1.50 bits per heavy atom. The Morgan fingerprint density at radius 2 is 2.25 bits per heavy atom. The SMILES string of the molecule is CC1CN=C(NCc2cccc(C(=O)N(C)C)c2)N1.I. The van der Waals surface area contributed by atoms with Crippen LogP contribution in [0.5, 0.6) is 0 Å². The Kier molecular flexibility index (Phi) is 6.25. The number of carbonyl (C=O) groups excluding carboxylic acids is 1. The van der Waals surface area contributed by atoms with Gasteiger partial charge in [0.25, 0.3) is 5.91 Å². The number of halogens is 1. The molecule has 0 spiro atoms. The molecule has 1 aliphatic heterocycles. The third kappa shape index (κ3) is 4.36. The first-order chi connectivity index (χ1) is 9.06. The lowest BCUT2D eigenvalue weighted by atomic mass is 10.1. The second-order valence-corrected chi connectivity index (χ2v) is 4.99. The highest BCUT2D eigenvalue weighted by Crippen LogP contribution is 2.07. The molecule has 0 radical (unpaired) electrons. The van der Waals surface area contributed by atoms with Gasteiger partial charge in [0.1, 0.15) is 0 Å². The first-order valence-corrected chi connectivity index (χ1v) is 6.41. The molecule has 0 saturated heterocycles. The zero-order chi connectivity index (χ0) is 13.8. The summed E-state index contributed by atoms with van der Waals surface area (Å²) >= 11 is 0. The molecule has 0 bridgehead atoms. The number of carbonyl (C=O) groups is 1. The van der Waals surface area contributed by atoms with E-state index < -0.39 is 0 Å². The van der Waals surface area contributed by atoms with Crippen molar-refractivity contribution >= 4 is 35.8 Å². The van der Waals surface area contributed by atoms with Crippen molar-refractivity contribution in [2.24, 2.45) is 4.99 Å². The average molecular weight is 388 g/mol. The van der Waals surface area contributed by atoms with Crippen molar-refractivity contribution in [2.45, 2.75) is 19.5 Å². The minimum absolute atomic E-state index is 0. The number of rotatable bonds is 3. The molecule has 5 nitrogen and oxygen atoms in total. The van der Waals surface area contributed by atoms with Crippen LogP contribution < -0.4 is 10.6 Å². The summed E-state index contributed by atoms with van der Waals surface area (Å²) in [6.07, 6.45) is 0. The first kappa shape index (κ1) is 16.7. The van der Waals surface area contributed by atoms with Crippen molar-refractivity contribution in [3.8, 4) is 0 Å². The van der Waals surface area contributed by atoms with E-state index in [1.807, 2.05) is 24.3 Å². The lowest BCUT2D eigenvalue weighted by molar-refractivity contribution is 0.0827. The highest BCUT2D eigenvalue weighted by molar-refractivity contribution is 14.0. The summed E-state index contributed by atoms with van der Waals surface area (Å²) in [5.74, 6) is 0.851. The van der Waals surface area contributed by atoms with Gasteiger partial charge in [0.15, 0.2) is 5.96 Å². The van der Waals surface area contributed by atoms with E-state index in [-0.39, 0.29) is 29.9 Å². The van der Waals surface area contributed by atoms with Gasteiger partial charge in [0.05, 0.1) is 6.54 Å². The second-order valence-electron chi connectivity index (χ2n) is 4.99. The number of guanidine groups is 1. The number of aliphatic imine (C=N–C) groups is 1. The number of nitrogens with one attached hydrogen (secondary N) is 2. The molecule has 1 aromatic rings. The van der Waals surface area contributed by atoms with Gasteiger partial charge in [-0.1, -0.05) is 12.1 Å². The number of hydrogen-bond acceptors (Lipinski definition) is 4. The molecule has 1 unspecified atom stereocenters. The summed E-state index contributed by atoms with van der Waals surface area (Å²) in [6.45, 7) is 3.56. The van der Waals surface area contributed by atoms with E-state index >= 15 is 0 Å². The van der Waals surface area contributed by atoms with Crippen molar-refractivity contribution in [3.63, 3.8) is 0 Å². The topological polar surface area (TPSA) is 56.7 Å². The number of amides is 1. The molecule has 2 rings (SSSR count). The number of nitrogens with zero attached hydrogens (tertiary/aromatic N) is 2. The molecule has 0 aromatic heterocycles. The molecule has 0 aliphatic carbocycles. The molecule has 1 aromatic carbocycles. The normalized spacial score (nSPS) is 16.8. The average Bonchev–Trinajstić information content (AvgIpc) is 2.81. The standard InChI is InChI=1S/C14H20N4O.HI/c1-10-8-15-14(17-10)16-9-11-5-4-6-12(7-11)13(19)18(2)3;/h4-7,10H,8-9H2,1-3H3,(H2,15,16,17);1H. The van der Waals surface area contributed by atoms with Crippen molar-refractivity contribution in [2.75, 3.05) is 20.6 Å². The molecule has 110 valence electrons. The van der Waals surface area contributed by atoms with Gasteiger partial charge in [-0.3, -0.25) is 9.79 Å². The predicted molar refractivity (Wildman–Crippen MR) is 91.6 cm³/mol. The van der Waals surface area contributed by atoms with Crippen LogP contribution in [-0.4, -0.2) is 43.4 Å². The predicted octanol–water partition coefficient (Wildman–Crippen LogP) is 1.44. The van der Waals surface area contributed by atoms with Gasteiger partial charge in [-0.05, 0) is 24.6 Å². The summed E-state index contributed by atoms with van der Waals surface area (Å²) in [4.78, 5) is 17.8. The fourth-order valence-corrected chi connectivity index (χ4v) is 1.92. The molecule has 6 heteroatoms. The van der Waals surface area contributed by atoms with Crippen molar-refractivity contribution < 1.29 is 4.79 Å². The third-order valence-corrected chi connectivity index (χ3v) is 2.95. The van der Waals surface area contributed by atoms with Crippen LogP contribution in [0.15, 0.2) is 29.3 Å². The Labute approximate surface area is 136 Å². The lowest BCUT2D eigenvalue weighted by Gasteiger charge is -2.12. The molecule has 1 amide bonds. The van der Waals surface area contributed by atoms with E-state index in [1.165, 1.54) is 0 Å². The van der Waals surface area contributed by atoms with Gasteiger partial charge in [-0.25, -0.2) is 0 Å². The monoisotopic (exact) mass is 388 g/mol.